The summed E-state index contributed by atoms with van der Waals surface area (Å²) in [6.07, 6.45) is 1.48. The maximum absolute atomic E-state index is 12.9. The van der Waals surface area contributed by atoms with E-state index in [0.717, 1.165) is 11.1 Å². The van der Waals surface area contributed by atoms with Gasteiger partial charge >= 0.3 is 0 Å². The summed E-state index contributed by atoms with van der Waals surface area (Å²) in [6, 6.07) is 11.3. The molecule has 7 heteroatoms. The average Bonchev–Trinajstić information content (AvgIpc) is 2.66. The second-order valence-electron chi connectivity index (χ2n) is 5.50. The summed E-state index contributed by atoms with van der Waals surface area (Å²) in [7, 11) is 4.75. The van der Waals surface area contributed by atoms with Gasteiger partial charge in [-0.25, -0.2) is 4.39 Å². The van der Waals surface area contributed by atoms with Gasteiger partial charge in [-0.2, -0.15) is 0 Å². The Morgan fingerprint density at radius 1 is 1.12 bits per heavy atom. The second kappa shape index (κ2) is 9.41. The van der Waals surface area contributed by atoms with Crippen LogP contribution in [0.1, 0.15) is 11.1 Å². The highest BCUT2D eigenvalue weighted by Crippen LogP contribution is 2.26. The number of benzene rings is 2. The van der Waals surface area contributed by atoms with Crippen LogP contribution in [-0.4, -0.2) is 44.9 Å². The maximum Gasteiger partial charge on any atom is 0.263 e. The molecule has 2 aromatic rings. The molecule has 26 heavy (non-hydrogen) atoms. The number of ether oxygens (including phenoxy) is 2. The Balaban J connectivity index is 1.83. The zero-order valence-electron chi connectivity index (χ0n) is 14.9. The highest BCUT2D eigenvalue weighted by atomic mass is 19.1. The fraction of sp³-hybridized carbons (Fsp3) is 0.263. The van der Waals surface area contributed by atoms with E-state index >= 15 is 0 Å². The third kappa shape index (κ3) is 5.47. The first-order valence-electron chi connectivity index (χ1n) is 7.89. The van der Waals surface area contributed by atoms with Crippen LogP contribution in [0, 0.1) is 5.82 Å². The van der Waals surface area contributed by atoms with Crippen LogP contribution in [0.5, 0.6) is 11.5 Å². The molecule has 2 rings (SSSR count). The standard InChI is InChI=1S/C19H21FN2O4/c1-22(12-14-4-7-16(20)8-5-14)19(23)13-26-21-11-15-6-9-17(24-2)18(10-15)25-3/h4-11H,12-13H2,1-3H3/b21-11+. The first-order valence-corrected chi connectivity index (χ1v) is 7.89. The number of hydrogen-bond donors (Lipinski definition) is 0. The van der Waals surface area contributed by atoms with Gasteiger partial charge in [0.1, 0.15) is 5.82 Å². The summed E-state index contributed by atoms with van der Waals surface area (Å²) in [5.41, 5.74) is 1.57. The number of carbonyl (C=O) groups is 1. The molecule has 0 aromatic heterocycles. The van der Waals surface area contributed by atoms with Crippen LogP contribution < -0.4 is 9.47 Å². The number of halogens is 1. The number of methoxy groups -OCH3 is 2. The number of oxime groups is 1. The highest BCUT2D eigenvalue weighted by molar-refractivity contribution is 5.81. The van der Waals surface area contributed by atoms with Crippen LogP contribution in [-0.2, 0) is 16.2 Å². The smallest absolute Gasteiger partial charge is 0.263 e. The zero-order valence-corrected chi connectivity index (χ0v) is 14.9. The van der Waals surface area contributed by atoms with Crippen molar-refractivity contribution < 1.29 is 23.5 Å². The molecular weight excluding hydrogens is 339 g/mol. The van der Waals surface area contributed by atoms with Crippen molar-refractivity contribution in [1.82, 2.24) is 4.90 Å². The number of amides is 1. The molecule has 6 nitrogen and oxygen atoms in total. The molecule has 2 aromatic carbocycles. The minimum absolute atomic E-state index is 0.193. The molecule has 0 N–H and O–H groups in total. The monoisotopic (exact) mass is 360 g/mol. The summed E-state index contributed by atoms with van der Waals surface area (Å²) in [5.74, 6) is 0.643. The van der Waals surface area contributed by atoms with E-state index in [-0.39, 0.29) is 18.3 Å². The van der Waals surface area contributed by atoms with Gasteiger partial charge in [-0.3, -0.25) is 4.79 Å². The van der Waals surface area contributed by atoms with Crippen molar-refractivity contribution in [1.29, 1.82) is 0 Å². The zero-order chi connectivity index (χ0) is 18.9. The molecule has 0 saturated heterocycles. The van der Waals surface area contributed by atoms with E-state index in [1.165, 1.54) is 23.2 Å². The van der Waals surface area contributed by atoms with Crippen LogP contribution in [0.25, 0.3) is 0 Å². The van der Waals surface area contributed by atoms with E-state index in [4.69, 9.17) is 14.3 Å². The van der Waals surface area contributed by atoms with Crippen LogP contribution >= 0.6 is 0 Å². The molecule has 0 saturated carbocycles. The molecule has 0 atom stereocenters. The van der Waals surface area contributed by atoms with Crippen molar-refractivity contribution in [2.24, 2.45) is 5.16 Å². The lowest BCUT2D eigenvalue weighted by atomic mass is 10.2. The van der Waals surface area contributed by atoms with Crippen LogP contribution in [0.15, 0.2) is 47.6 Å². The number of nitrogens with zero attached hydrogens (tertiary/aromatic N) is 2. The molecule has 0 aliphatic rings. The Morgan fingerprint density at radius 3 is 2.46 bits per heavy atom. The lowest BCUT2D eigenvalue weighted by Gasteiger charge is -2.16. The fourth-order valence-electron chi connectivity index (χ4n) is 2.19. The molecule has 1 amide bonds. The van der Waals surface area contributed by atoms with Crippen molar-refractivity contribution in [3.8, 4) is 11.5 Å². The van der Waals surface area contributed by atoms with Gasteiger partial charge in [0.25, 0.3) is 5.91 Å². The first-order chi connectivity index (χ1) is 12.5. The quantitative estimate of drug-likeness (QED) is 0.536. The van der Waals surface area contributed by atoms with Gasteiger partial charge in [0.2, 0.25) is 0 Å². The molecule has 138 valence electrons. The lowest BCUT2D eigenvalue weighted by Crippen LogP contribution is -2.29. The van der Waals surface area contributed by atoms with Crippen molar-refractivity contribution in [2.45, 2.75) is 6.54 Å². The fourth-order valence-corrected chi connectivity index (χ4v) is 2.19. The SMILES string of the molecule is COc1ccc(/C=N/OCC(=O)N(C)Cc2ccc(F)cc2)cc1OC. The Kier molecular flexibility index (Phi) is 6.96. The molecule has 0 unspecified atom stereocenters. The third-order valence-electron chi connectivity index (χ3n) is 3.63. The number of hydrogen-bond acceptors (Lipinski definition) is 5. The Bertz CT molecular complexity index is 763. The van der Waals surface area contributed by atoms with Crippen LogP contribution in [0.3, 0.4) is 0 Å². The molecule has 0 aliphatic heterocycles. The summed E-state index contributed by atoms with van der Waals surface area (Å²) in [6.45, 7) is 0.170. The van der Waals surface area contributed by atoms with Gasteiger partial charge in [-0.1, -0.05) is 17.3 Å². The Hall–Kier alpha value is -3.09. The summed E-state index contributed by atoms with van der Waals surface area (Å²) < 4.78 is 23.3. The average molecular weight is 360 g/mol. The van der Waals surface area contributed by atoms with E-state index in [1.54, 1.807) is 51.6 Å². The first kappa shape index (κ1) is 19.2. The van der Waals surface area contributed by atoms with Gasteiger partial charge in [0.05, 0.1) is 20.4 Å². The molecular formula is C19H21FN2O4. The largest absolute Gasteiger partial charge is 0.493 e. The van der Waals surface area contributed by atoms with Crippen LogP contribution in [0.4, 0.5) is 4.39 Å². The van der Waals surface area contributed by atoms with Gasteiger partial charge in [-0.05, 0) is 35.9 Å². The molecule has 0 bridgehead atoms. The highest BCUT2D eigenvalue weighted by Gasteiger charge is 2.10. The van der Waals surface area contributed by atoms with Gasteiger partial charge in [0, 0.05) is 19.2 Å². The molecule has 0 aliphatic carbocycles. The predicted octanol–water partition coefficient (Wildman–Crippen LogP) is 2.85. The van der Waals surface area contributed by atoms with Crippen molar-refractivity contribution in [2.75, 3.05) is 27.9 Å². The van der Waals surface area contributed by atoms with E-state index in [1.807, 2.05) is 0 Å². The summed E-state index contributed by atoms with van der Waals surface area (Å²) in [4.78, 5) is 18.6. The molecule has 0 spiro atoms. The lowest BCUT2D eigenvalue weighted by molar-refractivity contribution is -0.135. The van der Waals surface area contributed by atoms with E-state index in [2.05, 4.69) is 5.16 Å². The van der Waals surface area contributed by atoms with Gasteiger partial charge in [-0.15, -0.1) is 0 Å². The van der Waals surface area contributed by atoms with Crippen molar-refractivity contribution in [3.63, 3.8) is 0 Å². The van der Waals surface area contributed by atoms with Gasteiger partial charge in [0.15, 0.2) is 18.1 Å². The number of carbonyl (C=O) groups excluding carboxylic acids is 1. The van der Waals surface area contributed by atoms with Crippen molar-refractivity contribution >= 4 is 12.1 Å². The van der Waals surface area contributed by atoms with E-state index < -0.39 is 0 Å². The van der Waals surface area contributed by atoms with Crippen molar-refractivity contribution in [3.05, 3.63) is 59.4 Å². The Labute approximate surface area is 151 Å². The van der Waals surface area contributed by atoms with E-state index in [0.29, 0.717) is 18.0 Å². The third-order valence-corrected chi connectivity index (χ3v) is 3.63. The van der Waals surface area contributed by atoms with E-state index in [9.17, 15) is 9.18 Å². The van der Waals surface area contributed by atoms with Crippen LogP contribution in [0.2, 0.25) is 0 Å². The summed E-state index contributed by atoms with van der Waals surface area (Å²) >= 11 is 0. The minimum Gasteiger partial charge on any atom is -0.493 e. The summed E-state index contributed by atoms with van der Waals surface area (Å²) in [5, 5.41) is 3.80. The number of rotatable bonds is 8. The second-order valence-corrected chi connectivity index (χ2v) is 5.50. The normalized spacial score (nSPS) is 10.6. The maximum atomic E-state index is 12.9. The predicted molar refractivity (Wildman–Crippen MR) is 96.0 cm³/mol. The van der Waals surface area contributed by atoms with Gasteiger partial charge < -0.3 is 19.2 Å². The molecule has 0 fully saturated rings. The molecule has 0 heterocycles. The Morgan fingerprint density at radius 2 is 1.81 bits per heavy atom. The topological polar surface area (TPSA) is 60.4 Å². The number of likely N-dealkylation sites (N-methyl/N-ethyl adjacent to an activating group) is 1. The minimum atomic E-state index is -0.310. The molecule has 0 radical (unpaired) electrons.